The zero-order valence-electron chi connectivity index (χ0n) is 18.5. The maximum Gasteiger partial charge on any atom is 0.337 e. The molecular weight excluding hydrogens is 424 g/mol. The van der Waals surface area contributed by atoms with E-state index in [0.717, 1.165) is 35.2 Å². The van der Waals surface area contributed by atoms with Crippen molar-refractivity contribution in [3.05, 3.63) is 54.7 Å². The Kier molecular flexibility index (Phi) is 8.12. The molecule has 1 atom stereocenters. The molecule has 1 unspecified atom stereocenters. The number of hydrogen-bond acceptors (Lipinski definition) is 6. The largest absolute Gasteiger partial charge is 0.508 e. The smallest absolute Gasteiger partial charge is 0.337 e. The van der Waals surface area contributed by atoms with Gasteiger partial charge >= 0.3 is 12.1 Å². The summed E-state index contributed by atoms with van der Waals surface area (Å²) in [6.07, 6.45) is 3.29. The number of aromatic nitrogens is 1. The van der Waals surface area contributed by atoms with Crippen LogP contribution in [0.4, 0.5) is 21.0 Å². The molecule has 0 radical (unpaired) electrons. The Hall–Kier alpha value is -4.21. The number of carbonyl (C=O) groups is 2. The van der Waals surface area contributed by atoms with Gasteiger partial charge in [0, 0.05) is 42.0 Å². The highest BCUT2D eigenvalue weighted by atomic mass is 16.5. The minimum Gasteiger partial charge on any atom is -0.508 e. The molecule has 6 N–H and O–H groups in total. The lowest BCUT2D eigenvalue weighted by molar-refractivity contribution is 0.229. The Morgan fingerprint density at radius 1 is 1.09 bits per heavy atom. The number of aromatic hydroxyl groups is 1. The van der Waals surface area contributed by atoms with Crippen molar-refractivity contribution in [2.45, 2.75) is 25.8 Å². The highest BCUT2D eigenvalue weighted by molar-refractivity contribution is 5.92. The molecule has 3 aromatic rings. The molecule has 1 heterocycles. The highest BCUT2D eigenvalue weighted by Gasteiger charge is 2.10. The number of rotatable bonds is 8. The maximum atomic E-state index is 11.9. The van der Waals surface area contributed by atoms with Crippen molar-refractivity contribution in [1.82, 2.24) is 21.2 Å². The molecule has 174 valence electrons. The second kappa shape index (κ2) is 11.4. The zero-order valence-corrected chi connectivity index (χ0v) is 18.5. The van der Waals surface area contributed by atoms with Crippen molar-refractivity contribution >= 4 is 34.3 Å². The number of nitrogens with one attached hydrogen (secondary N) is 5. The molecule has 33 heavy (non-hydrogen) atoms. The van der Waals surface area contributed by atoms with E-state index >= 15 is 0 Å². The second-order valence-corrected chi connectivity index (χ2v) is 7.45. The van der Waals surface area contributed by atoms with Crippen molar-refractivity contribution in [2.24, 2.45) is 0 Å². The summed E-state index contributed by atoms with van der Waals surface area (Å²) >= 11 is 0. The predicted octanol–water partition coefficient (Wildman–Crippen LogP) is 3.57. The number of phenolic OH excluding ortho intramolecular Hbond substituents is 1. The monoisotopic (exact) mass is 452 g/mol. The normalized spacial score (nSPS) is 11.3. The van der Waals surface area contributed by atoms with E-state index in [-0.39, 0.29) is 11.8 Å². The number of methoxy groups -OCH3 is 1. The van der Waals surface area contributed by atoms with Crippen LogP contribution in [0.3, 0.4) is 0 Å². The summed E-state index contributed by atoms with van der Waals surface area (Å²) in [5.41, 5.74) is 6.67. The lowest BCUT2D eigenvalue weighted by Crippen LogP contribution is -2.48. The molecule has 0 aliphatic rings. The second-order valence-electron chi connectivity index (χ2n) is 7.45. The number of nitrogens with zero attached hydrogens (tertiary/aromatic N) is 1. The Morgan fingerprint density at radius 3 is 2.70 bits per heavy atom. The van der Waals surface area contributed by atoms with E-state index < -0.39 is 12.1 Å². The molecule has 0 saturated carbocycles. The molecule has 10 nitrogen and oxygen atoms in total. The third-order valence-electron chi connectivity index (χ3n) is 4.81. The minimum absolute atomic E-state index is 0.0260. The lowest BCUT2D eigenvalue weighted by Gasteiger charge is -2.17. The molecule has 3 rings (SSSR count). The molecule has 10 heteroatoms. The number of urea groups is 2. The predicted molar refractivity (Wildman–Crippen MR) is 127 cm³/mol. The first-order chi connectivity index (χ1) is 15.9. The average Bonchev–Trinajstić information content (AvgIpc) is 2.80. The summed E-state index contributed by atoms with van der Waals surface area (Å²) in [7, 11) is 1.63. The van der Waals surface area contributed by atoms with Crippen molar-refractivity contribution in [3.8, 4) is 11.5 Å². The fourth-order valence-corrected chi connectivity index (χ4v) is 3.24. The Bertz CT molecular complexity index is 1110. The van der Waals surface area contributed by atoms with Gasteiger partial charge in [-0.2, -0.15) is 0 Å². The van der Waals surface area contributed by atoms with Gasteiger partial charge in [0.2, 0.25) is 0 Å². The number of fused-ring (bicyclic) bond motifs is 1. The molecule has 1 aromatic heterocycles. The average molecular weight is 453 g/mol. The van der Waals surface area contributed by atoms with Crippen LogP contribution in [0.15, 0.2) is 54.7 Å². The van der Waals surface area contributed by atoms with E-state index in [9.17, 15) is 14.7 Å². The van der Waals surface area contributed by atoms with Crippen LogP contribution in [0, 0.1) is 0 Å². The van der Waals surface area contributed by atoms with E-state index in [0.29, 0.717) is 12.2 Å². The van der Waals surface area contributed by atoms with E-state index in [1.54, 1.807) is 25.4 Å². The number of hydrogen-bond donors (Lipinski definition) is 6. The lowest BCUT2D eigenvalue weighted by atomic mass is 10.1. The van der Waals surface area contributed by atoms with E-state index in [4.69, 9.17) is 4.74 Å². The Labute approximate surface area is 191 Å². The Morgan fingerprint density at radius 2 is 1.91 bits per heavy atom. The van der Waals surface area contributed by atoms with Gasteiger partial charge in [0.1, 0.15) is 11.5 Å². The first kappa shape index (κ1) is 23.5. The van der Waals surface area contributed by atoms with Crippen molar-refractivity contribution < 1.29 is 19.4 Å². The van der Waals surface area contributed by atoms with Gasteiger partial charge in [-0.25, -0.2) is 20.4 Å². The number of pyridine rings is 1. The number of carbonyl (C=O) groups excluding carboxylic acids is 2. The molecule has 0 spiro atoms. The fourth-order valence-electron chi connectivity index (χ4n) is 3.24. The van der Waals surface area contributed by atoms with Gasteiger partial charge in [0.15, 0.2) is 0 Å². The number of phenols is 1. The van der Waals surface area contributed by atoms with Crippen LogP contribution >= 0.6 is 0 Å². The van der Waals surface area contributed by atoms with E-state index in [1.807, 2.05) is 24.3 Å². The van der Waals surface area contributed by atoms with Gasteiger partial charge in [-0.15, -0.1) is 0 Å². The Balaban J connectivity index is 1.37. The topological polar surface area (TPSA) is 137 Å². The number of hydrazine groups is 1. The van der Waals surface area contributed by atoms with Crippen LogP contribution < -0.4 is 31.5 Å². The molecule has 0 bridgehead atoms. The molecule has 0 aliphatic heterocycles. The first-order valence-corrected chi connectivity index (χ1v) is 10.5. The summed E-state index contributed by atoms with van der Waals surface area (Å²) in [5, 5.41) is 19.0. The third-order valence-corrected chi connectivity index (χ3v) is 4.81. The minimum atomic E-state index is -0.632. The van der Waals surface area contributed by atoms with Gasteiger partial charge in [-0.05, 0) is 44.0 Å². The first-order valence-electron chi connectivity index (χ1n) is 10.5. The van der Waals surface area contributed by atoms with E-state index in [2.05, 4.69) is 38.7 Å². The van der Waals surface area contributed by atoms with Gasteiger partial charge in [0.25, 0.3) is 0 Å². The standard InChI is InChI=1S/C23H28N6O4/c1-15(26-20-14-19(33-2)12-16-7-5-10-24-21(16)20)6-4-11-25-22(31)28-29-23(32)27-17-8-3-9-18(30)13-17/h3,5,7-10,12-15,26,30H,4,6,11H2,1-2H3,(H2,25,28,31)(H2,27,29,32). The fraction of sp³-hybridized carbons (Fsp3) is 0.261. The van der Waals surface area contributed by atoms with Crippen LogP contribution in [0.5, 0.6) is 11.5 Å². The summed E-state index contributed by atoms with van der Waals surface area (Å²) < 4.78 is 5.38. The van der Waals surface area contributed by atoms with Crippen molar-refractivity contribution in [1.29, 1.82) is 0 Å². The molecule has 0 fully saturated rings. The van der Waals surface area contributed by atoms with Crippen LogP contribution in [0.25, 0.3) is 10.9 Å². The molecule has 0 aliphatic carbocycles. The van der Waals surface area contributed by atoms with E-state index in [1.165, 1.54) is 12.1 Å². The highest BCUT2D eigenvalue weighted by Crippen LogP contribution is 2.28. The number of ether oxygens (including phenoxy) is 1. The van der Waals surface area contributed by atoms with Crippen LogP contribution in [0.1, 0.15) is 19.8 Å². The summed E-state index contributed by atoms with van der Waals surface area (Å²) in [6.45, 7) is 2.49. The summed E-state index contributed by atoms with van der Waals surface area (Å²) in [6, 6.07) is 12.8. The zero-order chi connectivity index (χ0) is 23.6. The third kappa shape index (κ3) is 7.17. The van der Waals surface area contributed by atoms with Crippen LogP contribution in [0.2, 0.25) is 0 Å². The molecule has 0 saturated heterocycles. The van der Waals surface area contributed by atoms with Gasteiger partial charge in [0.05, 0.1) is 18.3 Å². The summed E-state index contributed by atoms with van der Waals surface area (Å²) in [4.78, 5) is 28.1. The number of amides is 4. The number of anilines is 2. The van der Waals surface area contributed by atoms with Crippen LogP contribution in [-0.2, 0) is 0 Å². The van der Waals surface area contributed by atoms with Gasteiger partial charge < -0.3 is 25.8 Å². The molecular formula is C23H28N6O4. The van der Waals surface area contributed by atoms with Crippen molar-refractivity contribution in [3.63, 3.8) is 0 Å². The van der Waals surface area contributed by atoms with Gasteiger partial charge in [-0.3, -0.25) is 4.98 Å². The SMILES string of the molecule is COc1cc(NC(C)CCCNC(=O)NNC(=O)Nc2cccc(O)c2)c2ncccc2c1. The molecule has 2 aromatic carbocycles. The molecule has 4 amide bonds. The van der Waals surface area contributed by atoms with Gasteiger partial charge in [-0.1, -0.05) is 12.1 Å². The quantitative estimate of drug-likeness (QED) is 0.228. The van der Waals surface area contributed by atoms with Crippen LogP contribution in [-0.4, -0.2) is 41.8 Å². The van der Waals surface area contributed by atoms with Crippen molar-refractivity contribution in [2.75, 3.05) is 24.3 Å². The summed E-state index contributed by atoms with van der Waals surface area (Å²) in [5.74, 6) is 0.780. The maximum absolute atomic E-state index is 11.9. The number of benzene rings is 2.